The van der Waals surface area contributed by atoms with Crippen LogP contribution < -0.4 is 5.32 Å². The van der Waals surface area contributed by atoms with E-state index in [9.17, 15) is 14.7 Å². The molecule has 6 heteroatoms. The second-order valence-corrected chi connectivity index (χ2v) is 6.06. The van der Waals surface area contributed by atoms with Crippen molar-refractivity contribution in [3.63, 3.8) is 0 Å². The molecule has 1 unspecified atom stereocenters. The molecule has 3 atom stereocenters. The maximum atomic E-state index is 12.2. The van der Waals surface area contributed by atoms with Crippen molar-refractivity contribution in [2.75, 3.05) is 5.32 Å². The fourth-order valence-electron chi connectivity index (χ4n) is 2.71. The van der Waals surface area contributed by atoms with Crippen LogP contribution in [-0.4, -0.2) is 22.0 Å². The molecule has 20 heavy (non-hydrogen) atoms. The smallest absolute Gasteiger partial charge is 0.307 e. The van der Waals surface area contributed by atoms with Crippen LogP contribution in [0.25, 0.3) is 0 Å². The zero-order valence-corrected chi connectivity index (χ0v) is 12.8. The standard InChI is InChI=1S/C14H17BrN2O3/c1-2-8-5-10(11(6-8)14(19)20)13(18)17-12-4-3-9(15)7-16-12/h3-4,7-8,10-11H,2,5-6H2,1H3,(H,19,20)(H,16,17,18)/t8?,10-,11+/m0/s1. The topological polar surface area (TPSA) is 79.3 Å². The molecule has 1 aliphatic carbocycles. The number of aliphatic carboxylic acids is 1. The Hall–Kier alpha value is -1.43. The number of hydrogen-bond acceptors (Lipinski definition) is 3. The first kappa shape index (κ1) is 15.0. The van der Waals surface area contributed by atoms with Crippen LogP contribution in [-0.2, 0) is 9.59 Å². The quantitative estimate of drug-likeness (QED) is 0.883. The van der Waals surface area contributed by atoms with Gasteiger partial charge in [-0.3, -0.25) is 9.59 Å². The predicted octanol–water partition coefficient (Wildman–Crippen LogP) is 2.92. The van der Waals surface area contributed by atoms with Crippen LogP contribution in [0.3, 0.4) is 0 Å². The van der Waals surface area contributed by atoms with E-state index in [1.807, 2.05) is 6.92 Å². The summed E-state index contributed by atoms with van der Waals surface area (Å²) in [7, 11) is 0. The molecular weight excluding hydrogens is 324 g/mol. The number of pyridine rings is 1. The largest absolute Gasteiger partial charge is 0.481 e. The summed E-state index contributed by atoms with van der Waals surface area (Å²) in [6.45, 7) is 2.03. The van der Waals surface area contributed by atoms with Crippen LogP contribution in [0.2, 0.25) is 0 Å². The molecule has 2 N–H and O–H groups in total. The van der Waals surface area contributed by atoms with Gasteiger partial charge >= 0.3 is 5.97 Å². The molecule has 0 aliphatic heterocycles. The lowest BCUT2D eigenvalue weighted by Gasteiger charge is -2.15. The highest BCUT2D eigenvalue weighted by Crippen LogP contribution is 2.38. The van der Waals surface area contributed by atoms with E-state index in [-0.39, 0.29) is 5.91 Å². The Kier molecular flexibility index (Phi) is 4.75. The van der Waals surface area contributed by atoms with Crippen molar-refractivity contribution in [3.8, 4) is 0 Å². The minimum absolute atomic E-state index is 0.247. The zero-order valence-electron chi connectivity index (χ0n) is 11.2. The molecule has 0 radical (unpaired) electrons. The SMILES string of the molecule is CCC1C[C@H](C(=O)Nc2ccc(Br)cn2)[C@H](C(=O)O)C1. The van der Waals surface area contributed by atoms with Crippen molar-refractivity contribution in [1.82, 2.24) is 4.98 Å². The van der Waals surface area contributed by atoms with Gasteiger partial charge in [0.15, 0.2) is 0 Å². The van der Waals surface area contributed by atoms with E-state index in [1.165, 1.54) is 0 Å². The summed E-state index contributed by atoms with van der Waals surface area (Å²) >= 11 is 3.27. The number of nitrogens with zero attached hydrogens (tertiary/aromatic N) is 1. The Morgan fingerprint density at radius 1 is 1.40 bits per heavy atom. The molecule has 1 amide bonds. The molecule has 5 nitrogen and oxygen atoms in total. The first-order valence-electron chi connectivity index (χ1n) is 6.66. The monoisotopic (exact) mass is 340 g/mol. The van der Waals surface area contributed by atoms with Crippen LogP contribution in [0.5, 0.6) is 0 Å². The number of carbonyl (C=O) groups is 2. The third-order valence-corrected chi connectivity index (χ3v) is 4.34. The van der Waals surface area contributed by atoms with Crippen LogP contribution in [0.1, 0.15) is 26.2 Å². The Balaban J connectivity index is 2.07. The lowest BCUT2D eigenvalue weighted by Crippen LogP contribution is -2.30. The molecule has 0 bridgehead atoms. The number of hydrogen-bond donors (Lipinski definition) is 2. The van der Waals surface area contributed by atoms with Crippen molar-refractivity contribution < 1.29 is 14.7 Å². The van der Waals surface area contributed by atoms with E-state index < -0.39 is 17.8 Å². The van der Waals surface area contributed by atoms with Crippen LogP contribution in [0.15, 0.2) is 22.8 Å². The Morgan fingerprint density at radius 2 is 2.10 bits per heavy atom. The summed E-state index contributed by atoms with van der Waals surface area (Å²) in [5.74, 6) is -1.43. The van der Waals surface area contributed by atoms with Gasteiger partial charge in [-0.2, -0.15) is 0 Å². The third kappa shape index (κ3) is 3.36. The molecule has 0 saturated heterocycles. The van der Waals surface area contributed by atoms with E-state index in [4.69, 9.17) is 0 Å². The van der Waals surface area contributed by atoms with Gasteiger partial charge in [0.25, 0.3) is 0 Å². The molecule has 1 aliphatic rings. The van der Waals surface area contributed by atoms with E-state index in [2.05, 4.69) is 26.2 Å². The number of anilines is 1. The number of rotatable bonds is 4. The minimum Gasteiger partial charge on any atom is -0.481 e. The summed E-state index contributed by atoms with van der Waals surface area (Å²) in [5, 5.41) is 12.0. The molecule has 1 fully saturated rings. The molecule has 2 rings (SSSR count). The van der Waals surface area contributed by atoms with Gasteiger partial charge in [-0.25, -0.2) is 4.98 Å². The second-order valence-electron chi connectivity index (χ2n) is 5.15. The Bertz CT molecular complexity index is 504. The maximum Gasteiger partial charge on any atom is 0.307 e. The average molecular weight is 341 g/mol. The number of aromatic nitrogens is 1. The lowest BCUT2D eigenvalue weighted by atomic mass is 9.95. The first-order chi connectivity index (χ1) is 9.51. The fourth-order valence-corrected chi connectivity index (χ4v) is 2.94. The lowest BCUT2D eigenvalue weighted by molar-refractivity contribution is -0.145. The normalized spacial score (nSPS) is 25.4. The van der Waals surface area contributed by atoms with Crippen molar-refractivity contribution >= 4 is 33.6 Å². The minimum atomic E-state index is -0.884. The number of carboxylic acid groups (broad SMARTS) is 1. The van der Waals surface area contributed by atoms with Crippen molar-refractivity contribution in [1.29, 1.82) is 0 Å². The molecule has 1 aromatic rings. The van der Waals surface area contributed by atoms with E-state index >= 15 is 0 Å². The number of amides is 1. The zero-order chi connectivity index (χ0) is 14.7. The second kappa shape index (κ2) is 6.35. The molecule has 0 aromatic carbocycles. The van der Waals surface area contributed by atoms with Crippen molar-refractivity contribution in [2.45, 2.75) is 26.2 Å². The summed E-state index contributed by atoms with van der Waals surface area (Å²) in [5.41, 5.74) is 0. The van der Waals surface area contributed by atoms with Gasteiger partial charge in [0, 0.05) is 10.7 Å². The highest BCUT2D eigenvalue weighted by Gasteiger charge is 2.42. The molecule has 1 aromatic heterocycles. The third-order valence-electron chi connectivity index (χ3n) is 3.87. The average Bonchev–Trinajstić information content (AvgIpc) is 2.86. The van der Waals surface area contributed by atoms with Crippen LogP contribution in [0.4, 0.5) is 5.82 Å². The molecular formula is C14H17BrN2O3. The molecule has 0 spiro atoms. The number of halogens is 1. The summed E-state index contributed by atoms with van der Waals surface area (Å²) in [4.78, 5) is 27.6. The molecule has 1 saturated carbocycles. The van der Waals surface area contributed by atoms with Gasteiger partial charge in [0.2, 0.25) is 5.91 Å². The number of nitrogens with one attached hydrogen (secondary N) is 1. The predicted molar refractivity (Wildman–Crippen MR) is 78.2 cm³/mol. The Morgan fingerprint density at radius 3 is 2.65 bits per heavy atom. The molecule has 108 valence electrons. The highest BCUT2D eigenvalue weighted by molar-refractivity contribution is 9.10. The fraction of sp³-hybridized carbons (Fsp3) is 0.500. The number of carbonyl (C=O) groups excluding carboxylic acids is 1. The van der Waals surface area contributed by atoms with Gasteiger partial charge in [0.1, 0.15) is 5.82 Å². The highest BCUT2D eigenvalue weighted by atomic mass is 79.9. The van der Waals surface area contributed by atoms with Crippen molar-refractivity contribution in [2.24, 2.45) is 17.8 Å². The van der Waals surface area contributed by atoms with Crippen molar-refractivity contribution in [3.05, 3.63) is 22.8 Å². The molecule has 1 heterocycles. The van der Waals surface area contributed by atoms with E-state index in [0.717, 1.165) is 10.9 Å². The van der Waals surface area contributed by atoms with E-state index in [1.54, 1.807) is 18.3 Å². The first-order valence-corrected chi connectivity index (χ1v) is 7.45. The number of carboxylic acids is 1. The summed E-state index contributed by atoms with van der Waals surface area (Å²) < 4.78 is 0.825. The van der Waals surface area contributed by atoms with Gasteiger partial charge in [-0.05, 0) is 46.8 Å². The van der Waals surface area contributed by atoms with Crippen LogP contribution in [0, 0.1) is 17.8 Å². The van der Waals surface area contributed by atoms with Gasteiger partial charge < -0.3 is 10.4 Å². The Labute approximate surface area is 125 Å². The van der Waals surface area contributed by atoms with E-state index in [0.29, 0.717) is 24.6 Å². The van der Waals surface area contributed by atoms with Crippen LogP contribution >= 0.6 is 15.9 Å². The van der Waals surface area contributed by atoms with Gasteiger partial charge in [-0.1, -0.05) is 13.3 Å². The van der Waals surface area contributed by atoms with Gasteiger partial charge in [0.05, 0.1) is 11.8 Å². The maximum absolute atomic E-state index is 12.2. The summed E-state index contributed by atoms with van der Waals surface area (Å²) in [6.07, 6.45) is 3.71. The van der Waals surface area contributed by atoms with Gasteiger partial charge in [-0.15, -0.1) is 0 Å². The summed E-state index contributed by atoms with van der Waals surface area (Å²) in [6, 6.07) is 3.46.